The number of aliphatic hydroxyl groups is 4. The van der Waals surface area contributed by atoms with Gasteiger partial charge in [0.25, 0.3) is 0 Å². The number of unbranched alkanes of at least 4 members (excludes halogenated alkanes) is 32. The van der Waals surface area contributed by atoms with Gasteiger partial charge in [-0.25, -0.2) is 4.18 Å². The quantitative estimate of drug-likeness (QED) is 0.0193. The van der Waals surface area contributed by atoms with E-state index < -0.39 is 59.9 Å². The summed E-state index contributed by atoms with van der Waals surface area (Å²) in [5, 5.41) is 44.7. The van der Waals surface area contributed by atoms with Gasteiger partial charge in [-0.1, -0.05) is 230 Å². The summed E-state index contributed by atoms with van der Waals surface area (Å²) in [6.45, 7) is 3.37. The monoisotopic (exact) mass is 986 g/mol. The fourth-order valence-electron chi connectivity index (χ4n) is 8.84. The Balaban J connectivity index is 2.23. The molecule has 1 aliphatic rings. The molecule has 7 unspecified atom stereocenters. The van der Waals surface area contributed by atoms with Crippen LogP contribution in [-0.2, 0) is 28.9 Å². The number of carbonyl (C=O) groups is 1. The van der Waals surface area contributed by atoms with Crippen LogP contribution in [-0.4, -0.2) is 95.4 Å². The van der Waals surface area contributed by atoms with Gasteiger partial charge < -0.3 is 35.2 Å². The van der Waals surface area contributed by atoms with E-state index in [2.05, 4.69) is 47.7 Å². The maximum Gasteiger partial charge on any atom is 0.397 e. The zero-order chi connectivity index (χ0) is 49.8. The molecule has 1 rings (SSSR count). The first-order valence-corrected chi connectivity index (χ1v) is 29.2. The minimum Gasteiger partial charge on any atom is -0.394 e. The summed E-state index contributed by atoms with van der Waals surface area (Å²) in [7, 11) is -5.08. The van der Waals surface area contributed by atoms with Gasteiger partial charge in [0.15, 0.2) is 6.29 Å². The van der Waals surface area contributed by atoms with Crippen molar-refractivity contribution >= 4 is 16.3 Å². The molecule has 1 aliphatic heterocycles. The summed E-state index contributed by atoms with van der Waals surface area (Å²) in [5.74, 6) is -0.263. The van der Waals surface area contributed by atoms with Gasteiger partial charge in [-0.2, -0.15) is 8.42 Å². The summed E-state index contributed by atoms with van der Waals surface area (Å²) < 4.78 is 47.6. The molecular weight excluding hydrogens is 883 g/mol. The molecule has 0 aromatic rings. The zero-order valence-corrected chi connectivity index (χ0v) is 44.0. The average molecular weight is 986 g/mol. The molecular formula is C55H103NO11S. The maximum atomic E-state index is 13.1. The molecule has 0 bridgehead atoms. The number of allylic oxidation sites excluding steroid dienone is 5. The van der Waals surface area contributed by atoms with Gasteiger partial charge in [0.2, 0.25) is 5.91 Å². The van der Waals surface area contributed by atoms with Crippen LogP contribution in [0.1, 0.15) is 251 Å². The first-order chi connectivity index (χ1) is 33.0. The van der Waals surface area contributed by atoms with Crippen molar-refractivity contribution in [2.24, 2.45) is 0 Å². The Hall–Kier alpha value is -1.68. The molecule has 1 heterocycles. The van der Waals surface area contributed by atoms with E-state index in [1.165, 1.54) is 180 Å². The fourth-order valence-corrected chi connectivity index (χ4v) is 9.35. The lowest BCUT2D eigenvalue weighted by Gasteiger charge is -2.41. The number of amides is 1. The average Bonchev–Trinajstić information content (AvgIpc) is 3.31. The lowest BCUT2D eigenvalue weighted by atomic mass is 9.99. The van der Waals surface area contributed by atoms with E-state index >= 15 is 0 Å². The van der Waals surface area contributed by atoms with Gasteiger partial charge >= 0.3 is 10.4 Å². The van der Waals surface area contributed by atoms with Crippen molar-refractivity contribution in [2.45, 2.75) is 294 Å². The first-order valence-electron chi connectivity index (χ1n) is 27.9. The molecule has 13 heteroatoms. The number of aliphatic hydroxyl groups excluding tert-OH is 4. The summed E-state index contributed by atoms with van der Waals surface area (Å²) >= 11 is 0. The smallest absolute Gasteiger partial charge is 0.394 e. The molecule has 0 aromatic heterocycles. The lowest BCUT2D eigenvalue weighted by Crippen LogP contribution is -2.61. The number of rotatable bonds is 48. The highest BCUT2D eigenvalue weighted by molar-refractivity contribution is 7.80. The SMILES string of the molecule is CCCCCCCCCC/C=C/C(O)C(COC1OC(CO)C(O)C(OS(=O)(=O)O)C1O)NC(=O)CCCCCCCCCCCCCCCCC/C=C\C/C=C\CCCCCCCCCCC. The Kier molecular flexibility index (Phi) is 42.8. The molecule has 1 saturated heterocycles. The summed E-state index contributed by atoms with van der Waals surface area (Å²) in [5.41, 5.74) is 0. The maximum absolute atomic E-state index is 13.1. The van der Waals surface area contributed by atoms with E-state index in [1.807, 2.05) is 6.08 Å². The van der Waals surface area contributed by atoms with Crippen LogP contribution >= 0.6 is 0 Å². The van der Waals surface area contributed by atoms with E-state index in [4.69, 9.17) is 9.47 Å². The Morgan fingerprint density at radius 3 is 1.40 bits per heavy atom. The van der Waals surface area contributed by atoms with Crippen LogP contribution in [0.3, 0.4) is 0 Å². The number of hydrogen-bond donors (Lipinski definition) is 6. The summed E-state index contributed by atoms with van der Waals surface area (Å²) in [6.07, 6.45) is 47.9. The van der Waals surface area contributed by atoms with Gasteiger partial charge in [-0.3, -0.25) is 9.35 Å². The first kappa shape index (κ1) is 64.3. The third-order valence-corrected chi connectivity index (χ3v) is 13.6. The molecule has 68 heavy (non-hydrogen) atoms. The number of ether oxygens (including phenoxy) is 2. The van der Waals surface area contributed by atoms with Crippen LogP contribution in [0.5, 0.6) is 0 Å². The van der Waals surface area contributed by atoms with Crippen molar-refractivity contribution in [1.82, 2.24) is 5.32 Å². The highest BCUT2D eigenvalue weighted by atomic mass is 32.3. The van der Waals surface area contributed by atoms with E-state index in [0.717, 1.165) is 44.9 Å². The van der Waals surface area contributed by atoms with E-state index in [-0.39, 0.29) is 18.9 Å². The number of carbonyl (C=O) groups excluding carboxylic acids is 1. The second-order valence-electron chi connectivity index (χ2n) is 19.5. The molecule has 0 aliphatic carbocycles. The molecule has 6 N–H and O–H groups in total. The minimum atomic E-state index is -5.08. The fraction of sp³-hybridized carbons (Fsp3) is 0.873. The highest BCUT2D eigenvalue weighted by Crippen LogP contribution is 2.26. The molecule has 400 valence electrons. The molecule has 1 fully saturated rings. The van der Waals surface area contributed by atoms with Crippen LogP contribution in [0.2, 0.25) is 0 Å². The van der Waals surface area contributed by atoms with E-state index in [1.54, 1.807) is 6.08 Å². The molecule has 0 radical (unpaired) electrons. The minimum absolute atomic E-state index is 0.263. The standard InChI is InChI=1S/C55H103NO11S/c1-3-5-7-9-11-13-15-16-17-18-19-20-21-22-23-24-25-26-27-28-29-30-31-32-33-34-35-37-39-41-43-45-51(59)56-48(49(58)44-42-40-38-36-14-12-10-8-6-4-2)47-65-55-53(61)54(67-68(62,63)64)52(60)50(46-57)66-55/h19-20,22-23,42,44,48-50,52-55,57-58,60-61H,3-18,21,24-41,43,45-47H2,1-2H3,(H,56,59)(H,62,63,64)/b20-19-,23-22-,44-42+. The van der Waals surface area contributed by atoms with Gasteiger partial charge in [0.1, 0.15) is 24.4 Å². The van der Waals surface area contributed by atoms with Gasteiger partial charge in [-0.05, 0) is 51.4 Å². The Morgan fingerprint density at radius 2 is 0.985 bits per heavy atom. The Labute approximate surface area is 415 Å². The van der Waals surface area contributed by atoms with Crippen molar-refractivity contribution in [3.05, 3.63) is 36.5 Å². The Morgan fingerprint density at radius 1 is 0.588 bits per heavy atom. The largest absolute Gasteiger partial charge is 0.397 e. The second-order valence-corrected chi connectivity index (χ2v) is 20.6. The highest BCUT2D eigenvalue weighted by Gasteiger charge is 2.48. The molecule has 0 saturated carbocycles. The molecule has 0 spiro atoms. The van der Waals surface area contributed by atoms with Crippen molar-refractivity contribution in [1.29, 1.82) is 0 Å². The van der Waals surface area contributed by atoms with Crippen LogP contribution in [0.25, 0.3) is 0 Å². The van der Waals surface area contributed by atoms with Crippen molar-refractivity contribution < 1.29 is 51.8 Å². The predicted molar refractivity (Wildman–Crippen MR) is 278 cm³/mol. The van der Waals surface area contributed by atoms with Crippen LogP contribution in [0.4, 0.5) is 0 Å². The summed E-state index contributed by atoms with van der Waals surface area (Å²) in [6, 6.07) is -0.942. The van der Waals surface area contributed by atoms with Gasteiger partial charge in [0, 0.05) is 6.42 Å². The second kappa shape index (κ2) is 45.2. The van der Waals surface area contributed by atoms with Crippen LogP contribution in [0, 0.1) is 0 Å². The molecule has 1 amide bonds. The third kappa shape index (κ3) is 37.1. The molecule has 0 aromatic carbocycles. The molecule has 12 nitrogen and oxygen atoms in total. The third-order valence-electron chi connectivity index (χ3n) is 13.2. The lowest BCUT2D eigenvalue weighted by molar-refractivity contribution is -0.298. The zero-order valence-electron chi connectivity index (χ0n) is 43.2. The van der Waals surface area contributed by atoms with E-state index in [0.29, 0.717) is 6.42 Å². The number of nitrogens with one attached hydrogen (secondary N) is 1. The van der Waals surface area contributed by atoms with Crippen molar-refractivity contribution in [3.8, 4) is 0 Å². The summed E-state index contributed by atoms with van der Waals surface area (Å²) in [4.78, 5) is 13.1. The van der Waals surface area contributed by atoms with Gasteiger partial charge in [0.05, 0.1) is 25.4 Å². The van der Waals surface area contributed by atoms with E-state index in [9.17, 15) is 38.2 Å². The number of hydrogen-bond acceptors (Lipinski definition) is 10. The Bertz CT molecular complexity index is 1340. The predicted octanol–water partition coefficient (Wildman–Crippen LogP) is 12.6. The van der Waals surface area contributed by atoms with Crippen LogP contribution < -0.4 is 5.32 Å². The molecule has 7 atom stereocenters. The topological polar surface area (TPSA) is 192 Å². The normalized spacial score (nSPS) is 20.0. The van der Waals surface area contributed by atoms with Crippen LogP contribution in [0.15, 0.2) is 36.5 Å². The van der Waals surface area contributed by atoms with Crippen molar-refractivity contribution in [2.75, 3.05) is 13.2 Å². The van der Waals surface area contributed by atoms with Gasteiger partial charge in [-0.15, -0.1) is 0 Å². The van der Waals surface area contributed by atoms with Crippen molar-refractivity contribution in [3.63, 3.8) is 0 Å².